The summed E-state index contributed by atoms with van der Waals surface area (Å²) in [6, 6.07) is 3.77. The average molecular weight is 257 g/mol. The van der Waals surface area contributed by atoms with Crippen LogP contribution in [0, 0.1) is 17.8 Å². The summed E-state index contributed by atoms with van der Waals surface area (Å²) >= 11 is 5.82. The minimum absolute atomic E-state index is 0.0810. The standard InChI is InChI=1S/C13H21ClN2O/c1-8-3-4-10(7-9(8)2)13(16-15)11-5-6-12(14)17-11/h5-6,8-10,13,16H,3-4,7,15H2,1-2H3. The Morgan fingerprint density at radius 3 is 2.65 bits per heavy atom. The van der Waals surface area contributed by atoms with Gasteiger partial charge in [0, 0.05) is 0 Å². The van der Waals surface area contributed by atoms with Crippen molar-refractivity contribution in [1.82, 2.24) is 5.43 Å². The predicted molar refractivity (Wildman–Crippen MR) is 69.5 cm³/mol. The Kier molecular flexibility index (Phi) is 4.13. The summed E-state index contributed by atoms with van der Waals surface area (Å²) in [6.07, 6.45) is 3.64. The largest absolute Gasteiger partial charge is 0.448 e. The highest BCUT2D eigenvalue weighted by Gasteiger charge is 2.31. The van der Waals surface area contributed by atoms with Crippen molar-refractivity contribution in [2.45, 2.75) is 39.2 Å². The fraction of sp³-hybridized carbons (Fsp3) is 0.692. The lowest BCUT2D eigenvalue weighted by Gasteiger charge is -2.35. The van der Waals surface area contributed by atoms with Crippen LogP contribution in [-0.2, 0) is 0 Å². The molecule has 3 N–H and O–H groups in total. The SMILES string of the molecule is CC1CCC(C(NN)c2ccc(Cl)o2)CC1C. The summed E-state index contributed by atoms with van der Waals surface area (Å²) in [5.41, 5.74) is 2.88. The van der Waals surface area contributed by atoms with Crippen molar-refractivity contribution in [3.8, 4) is 0 Å². The number of rotatable bonds is 3. The lowest BCUT2D eigenvalue weighted by Crippen LogP contribution is -2.36. The second-order valence-electron chi connectivity index (χ2n) is 5.31. The highest BCUT2D eigenvalue weighted by atomic mass is 35.5. The second kappa shape index (κ2) is 5.42. The summed E-state index contributed by atoms with van der Waals surface area (Å²) in [5.74, 6) is 8.61. The molecule has 1 aromatic rings. The van der Waals surface area contributed by atoms with Crippen LogP contribution < -0.4 is 11.3 Å². The van der Waals surface area contributed by atoms with E-state index >= 15 is 0 Å². The maximum Gasteiger partial charge on any atom is 0.193 e. The zero-order chi connectivity index (χ0) is 12.4. The van der Waals surface area contributed by atoms with Crippen LogP contribution in [0.15, 0.2) is 16.5 Å². The van der Waals surface area contributed by atoms with Gasteiger partial charge in [0.05, 0.1) is 6.04 Å². The van der Waals surface area contributed by atoms with Gasteiger partial charge in [-0.05, 0) is 54.3 Å². The number of hydrazine groups is 1. The Hall–Kier alpha value is -0.510. The molecule has 0 spiro atoms. The van der Waals surface area contributed by atoms with E-state index in [9.17, 15) is 0 Å². The number of nitrogens with one attached hydrogen (secondary N) is 1. The zero-order valence-corrected chi connectivity index (χ0v) is 11.2. The predicted octanol–water partition coefficient (Wildman–Crippen LogP) is 3.51. The fourth-order valence-corrected chi connectivity index (χ4v) is 2.99. The molecule has 0 bridgehead atoms. The van der Waals surface area contributed by atoms with Crippen molar-refractivity contribution in [3.63, 3.8) is 0 Å². The molecular weight excluding hydrogens is 236 g/mol. The van der Waals surface area contributed by atoms with E-state index in [1.807, 2.05) is 6.07 Å². The summed E-state index contributed by atoms with van der Waals surface area (Å²) in [4.78, 5) is 0. The molecule has 3 nitrogen and oxygen atoms in total. The van der Waals surface area contributed by atoms with E-state index in [2.05, 4.69) is 19.3 Å². The Bertz CT molecular complexity index is 366. The van der Waals surface area contributed by atoms with Crippen LogP contribution in [-0.4, -0.2) is 0 Å². The van der Waals surface area contributed by atoms with Gasteiger partial charge in [-0.2, -0.15) is 0 Å². The Morgan fingerprint density at radius 2 is 2.12 bits per heavy atom. The minimum atomic E-state index is 0.0810. The van der Waals surface area contributed by atoms with Crippen molar-refractivity contribution in [1.29, 1.82) is 0 Å². The van der Waals surface area contributed by atoms with E-state index < -0.39 is 0 Å². The minimum Gasteiger partial charge on any atom is -0.448 e. The zero-order valence-electron chi connectivity index (χ0n) is 10.4. The first-order valence-corrected chi connectivity index (χ1v) is 6.71. The molecule has 4 unspecified atom stereocenters. The molecule has 0 aromatic carbocycles. The molecule has 1 aliphatic carbocycles. The maximum absolute atomic E-state index is 5.82. The van der Waals surface area contributed by atoms with Crippen LogP contribution in [0.2, 0.25) is 5.22 Å². The molecule has 1 saturated carbocycles. The molecule has 1 aliphatic rings. The number of halogens is 1. The summed E-state index contributed by atoms with van der Waals surface area (Å²) in [5, 5.41) is 0.428. The van der Waals surface area contributed by atoms with Crippen LogP contribution in [0.3, 0.4) is 0 Å². The maximum atomic E-state index is 5.82. The van der Waals surface area contributed by atoms with Crippen molar-refractivity contribution in [3.05, 3.63) is 23.1 Å². The Morgan fingerprint density at radius 1 is 1.35 bits per heavy atom. The number of furan rings is 1. The van der Waals surface area contributed by atoms with Gasteiger partial charge in [-0.15, -0.1) is 0 Å². The van der Waals surface area contributed by atoms with Gasteiger partial charge in [0.2, 0.25) is 0 Å². The van der Waals surface area contributed by atoms with E-state index in [4.69, 9.17) is 21.9 Å². The molecule has 4 atom stereocenters. The van der Waals surface area contributed by atoms with Gasteiger partial charge in [-0.3, -0.25) is 5.84 Å². The van der Waals surface area contributed by atoms with Gasteiger partial charge in [0.1, 0.15) is 5.76 Å². The third-order valence-corrected chi connectivity index (χ3v) is 4.39. The van der Waals surface area contributed by atoms with E-state index in [1.165, 1.54) is 19.3 Å². The molecule has 1 aromatic heterocycles. The monoisotopic (exact) mass is 256 g/mol. The smallest absolute Gasteiger partial charge is 0.193 e. The lowest BCUT2D eigenvalue weighted by atomic mass is 9.73. The van der Waals surface area contributed by atoms with Crippen LogP contribution in [0.4, 0.5) is 0 Å². The Labute approximate surface area is 108 Å². The van der Waals surface area contributed by atoms with Gasteiger partial charge in [0.15, 0.2) is 5.22 Å². The topological polar surface area (TPSA) is 51.2 Å². The van der Waals surface area contributed by atoms with Gasteiger partial charge < -0.3 is 4.42 Å². The van der Waals surface area contributed by atoms with Crippen molar-refractivity contribution >= 4 is 11.6 Å². The van der Waals surface area contributed by atoms with Gasteiger partial charge in [-0.1, -0.05) is 20.3 Å². The highest BCUT2D eigenvalue weighted by molar-refractivity contribution is 6.28. The molecular formula is C13H21ClN2O. The van der Waals surface area contributed by atoms with Crippen LogP contribution in [0.1, 0.15) is 44.9 Å². The van der Waals surface area contributed by atoms with Crippen molar-refractivity contribution in [2.24, 2.45) is 23.6 Å². The van der Waals surface area contributed by atoms with Crippen molar-refractivity contribution < 1.29 is 4.42 Å². The average Bonchev–Trinajstić information content (AvgIpc) is 2.71. The normalized spacial score (nSPS) is 31.4. The highest BCUT2D eigenvalue weighted by Crippen LogP contribution is 2.40. The van der Waals surface area contributed by atoms with E-state index in [0.717, 1.165) is 17.6 Å². The number of nitrogens with two attached hydrogens (primary N) is 1. The Balaban J connectivity index is 2.08. The van der Waals surface area contributed by atoms with Gasteiger partial charge >= 0.3 is 0 Å². The van der Waals surface area contributed by atoms with Crippen LogP contribution in [0.5, 0.6) is 0 Å². The third-order valence-electron chi connectivity index (χ3n) is 4.19. The third kappa shape index (κ3) is 2.84. The van der Waals surface area contributed by atoms with E-state index in [1.54, 1.807) is 6.07 Å². The van der Waals surface area contributed by atoms with Crippen molar-refractivity contribution in [2.75, 3.05) is 0 Å². The lowest BCUT2D eigenvalue weighted by molar-refractivity contribution is 0.160. The number of hydrogen-bond donors (Lipinski definition) is 2. The molecule has 4 heteroatoms. The fourth-order valence-electron chi connectivity index (χ4n) is 2.84. The quantitative estimate of drug-likeness (QED) is 0.643. The molecule has 0 amide bonds. The molecule has 2 rings (SSSR count). The van der Waals surface area contributed by atoms with E-state index in [-0.39, 0.29) is 6.04 Å². The van der Waals surface area contributed by atoms with Crippen LogP contribution in [0.25, 0.3) is 0 Å². The van der Waals surface area contributed by atoms with Gasteiger partial charge in [-0.25, -0.2) is 5.43 Å². The summed E-state index contributed by atoms with van der Waals surface area (Å²) < 4.78 is 5.47. The molecule has 0 aliphatic heterocycles. The molecule has 0 radical (unpaired) electrons. The molecule has 96 valence electrons. The van der Waals surface area contributed by atoms with E-state index in [0.29, 0.717) is 11.1 Å². The number of hydrogen-bond acceptors (Lipinski definition) is 3. The first-order valence-electron chi connectivity index (χ1n) is 6.33. The summed E-state index contributed by atoms with van der Waals surface area (Å²) in [7, 11) is 0. The first-order chi connectivity index (χ1) is 8.11. The molecule has 17 heavy (non-hydrogen) atoms. The molecule has 0 saturated heterocycles. The van der Waals surface area contributed by atoms with Gasteiger partial charge in [0.25, 0.3) is 0 Å². The first kappa shape index (κ1) is 12.9. The molecule has 1 heterocycles. The summed E-state index contributed by atoms with van der Waals surface area (Å²) in [6.45, 7) is 4.65. The molecule has 1 fully saturated rings. The second-order valence-corrected chi connectivity index (χ2v) is 5.69. The van der Waals surface area contributed by atoms with Crippen LogP contribution >= 0.6 is 11.6 Å².